The summed E-state index contributed by atoms with van der Waals surface area (Å²) in [4.78, 5) is 14.2. The summed E-state index contributed by atoms with van der Waals surface area (Å²) in [6.07, 6.45) is 0.481. The van der Waals surface area contributed by atoms with Crippen LogP contribution in [0.5, 0.6) is 11.5 Å². The minimum atomic E-state index is 0. The van der Waals surface area contributed by atoms with E-state index in [-0.39, 0.29) is 18.3 Å². The van der Waals surface area contributed by atoms with E-state index in [1.54, 1.807) is 6.07 Å². The van der Waals surface area contributed by atoms with Crippen molar-refractivity contribution < 1.29 is 31.4 Å². The summed E-state index contributed by atoms with van der Waals surface area (Å²) in [5.74, 6) is 1.43. The molecule has 0 radical (unpaired) electrons. The van der Waals surface area contributed by atoms with Gasteiger partial charge in [-0.3, -0.25) is 9.69 Å². The molecule has 6 nitrogen and oxygen atoms in total. The molecular weight excluding hydrogens is 308 g/mol. The van der Waals surface area contributed by atoms with Crippen molar-refractivity contribution in [1.29, 1.82) is 0 Å². The van der Waals surface area contributed by atoms with Gasteiger partial charge in [-0.2, -0.15) is 0 Å². The minimum absolute atomic E-state index is 0. The Balaban J connectivity index is 0.00000176. The quantitative estimate of drug-likeness (QED) is 0.702. The molecule has 1 saturated heterocycles. The van der Waals surface area contributed by atoms with Crippen molar-refractivity contribution >= 4 is 11.6 Å². The zero-order valence-electron chi connectivity index (χ0n) is 12.3. The van der Waals surface area contributed by atoms with Gasteiger partial charge in [-0.15, -0.1) is 0 Å². The highest BCUT2D eigenvalue weighted by molar-refractivity contribution is 5.91. The average Bonchev–Trinajstić information content (AvgIpc) is 2.54. The maximum atomic E-state index is 12.0. The normalized spacial score (nSPS) is 17.5. The lowest BCUT2D eigenvalue weighted by Gasteiger charge is -2.26. The molecule has 7 heteroatoms. The topological polar surface area (TPSA) is 60.0 Å². The highest BCUT2D eigenvalue weighted by Gasteiger charge is 2.14. The summed E-state index contributed by atoms with van der Waals surface area (Å²) in [5.41, 5.74) is 0.742. The van der Waals surface area contributed by atoms with Crippen LogP contribution in [0.25, 0.3) is 0 Å². The number of rotatable bonds is 4. The van der Waals surface area contributed by atoms with Gasteiger partial charge in [-0.05, 0) is 12.1 Å². The van der Waals surface area contributed by atoms with Crippen molar-refractivity contribution in [2.45, 2.75) is 6.42 Å². The van der Waals surface area contributed by atoms with Crippen molar-refractivity contribution in [3.8, 4) is 11.5 Å². The van der Waals surface area contributed by atoms with Gasteiger partial charge in [-0.1, -0.05) is 0 Å². The number of carbonyl (C=O) groups excluding carboxylic acids is 1. The van der Waals surface area contributed by atoms with Gasteiger partial charge in [0.25, 0.3) is 0 Å². The van der Waals surface area contributed by atoms with Crippen molar-refractivity contribution in [2.75, 3.05) is 51.4 Å². The number of benzene rings is 1. The molecule has 2 aliphatic rings. The molecule has 0 aliphatic carbocycles. The summed E-state index contributed by atoms with van der Waals surface area (Å²) >= 11 is 0. The highest BCUT2D eigenvalue weighted by Crippen LogP contribution is 2.32. The van der Waals surface area contributed by atoms with Crippen LogP contribution in [-0.2, 0) is 9.53 Å². The smallest absolute Gasteiger partial charge is 0.225 e. The number of fused-ring (bicyclic) bond motifs is 1. The van der Waals surface area contributed by atoms with Crippen LogP contribution in [0.15, 0.2) is 18.2 Å². The Morgan fingerprint density at radius 3 is 2.59 bits per heavy atom. The fourth-order valence-electron chi connectivity index (χ4n) is 2.43. The standard InChI is InChI=1S/C15H20N2O4.ClH/c18-15(3-4-17-5-7-19-8-6-17)16-12-1-2-13-14(11-12)21-10-9-20-13;/h1-2,11H,3-10H2,(H,16,18);1H/p-1. The van der Waals surface area contributed by atoms with Gasteiger partial charge in [0, 0.05) is 37.8 Å². The zero-order chi connectivity index (χ0) is 14.5. The van der Waals surface area contributed by atoms with E-state index >= 15 is 0 Å². The van der Waals surface area contributed by atoms with Crippen LogP contribution in [0.4, 0.5) is 5.69 Å². The van der Waals surface area contributed by atoms with E-state index in [9.17, 15) is 4.79 Å². The number of amides is 1. The van der Waals surface area contributed by atoms with Crippen LogP contribution in [0.2, 0.25) is 0 Å². The molecule has 1 amide bonds. The van der Waals surface area contributed by atoms with E-state index in [1.807, 2.05) is 12.1 Å². The Morgan fingerprint density at radius 1 is 1.09 bits per heavy atom. The number of hydrogen-bond acceptors (Lipinski definition) is 5. The lowest BCUT2D eigenvalue weighted by atomic mass is 10.2. The second kappa shape index (κ2) is 8.22. The van der Waals surface area contributed by atoms with Crippen LogP contribution in [0.1, 0.15) is 6.42 Å². The molecule has 1 N–H and O–H groups in total. The minimum Gasteiger partial charge on any atom is -1.00 e. The summed E-state index contributed by atoms with van der Waals surface area (Å²) in [6.45, 7) is 5.18. The van der Waals surface area contributed by atoms with Gasteiger partial charge in [0.1, 0.15) is 13.2 Å². The average molecular weight is 328 g/mol. The highest BCUT2D eigenvalue weighted by atomic mass is 35.5. The maximum absolute atomic E-state index is 12.0. The van der Waals surface area contributed by atoms with Gasteiger partial charge in [0.05, 0.1) is 13.2 Å². The van der Waals surface area contributed by atoms with Crippen LogP contribution >= 0.6 is 0 Å². The summed E-state index contributed by atoms with van der Waals surface area (Å²) in [5, 5.41) is 2.90. The molecule has 2 heterocycles. The van der Waals surface area contributed by atoms with Crippen molar-refractivity contribution in [3.63, 3.8) is 0 Å². The van der Waals surface area contributed by atoms with Crippen LogP contribution in [0.3, 0.4) is 0 Å². The summed E-state index contributed by atoms with van der Waals surface area (Å²) in [6, 6.07) is 5.47. The molecule has 1 aromatic carbocycles. The van der Waals surface area contributed by atoms with Gasteiger partial charge >= 0.3 is 0 Å². The molecule has 2 aliphatic heterocycles. The summed E-state index contributed by atoms with van der Waals surface area (Å²) < 4.78 is 16.2. The number of morpholine rings is 1. The van der Waals surface area contributed by atoms with E-state index in [2.05, 4.69) is 10.2 Å². The third-order valence-electron chi connectivity index (χ3n) is 3.58. The van der Waals surface area contributed by atoms with E-state index in [1.165, 1.54) is 0 Å². The Hall–Kier alpha value is -1.50. The first-order chi connectivity index (χ1) is 10.3. The Labute approximate surface area is 136 Å². The van der Waals surface area contributed by atoms with Gasteiger partial charge in [-0.25, -0.2) is 0 Å². The molecule has 0 atom stereocenters. The predicted octanol–water partition coefficient (Wildman–Crippen LogP) is -1.88. The molecule has 1 fully saturated rings. The molecule has 22 heavy (non-hydrogen) atoms. The van der Waals surface area contributed by atoms with Crippen LogP contribution < -0.4 is 27.2 Å². The van der Waals surface area contributed by atoms with Crippen LogP contribution in [0, 0.1) is 0 Å². The van der Waals surface area contributed by atoms with Gasteiger partial charge in [0.2, 0.25) is 5.91 Å². The molecule has 0 aromatic heterocycles. The maximum Gasteiger partial charge on any atom is 0.225 e. The fourth-order valence-corrected chi connectivity index (χ4v) is 2.43. The first-order valence-corrected chi connectivity index (χ1v) is 7.31. The monoisotopic (exact) mass is 327 g/mol. The molecule has 0 saturated carbocycles. The second-order valence-electron chi connectivity index (χ2n) is 5.11. The molecule has 122 valence electrons. The van der Waals surface area contributed by atoms with Crippen molar-refractivity contribution in [2.24, 2.45) is 0 Å². The Morgan fingerprint density at radius 2 is 1.82 bits per heavy atom. The first-order valence-electron chi connectivity index (χ1n) is 7.31. The van der Waals surface area contributed by atoms with E-state index in [0.29, 0.717) is 25.4 Å². The number of ether oxygens (including phenoxy) is 3. The number of nitrogens with one attached hydrogen (secondary N) is 1. The number of hydrogen-bond donors (Lipinski definition) is 1. The van der Waals surface area contributed by atoms with Crippen molar-refractivity contribution in [3.05, 3.63) is 18.2 Å². The Kier molecular flexibility index (Phi) is 6.30. The molecular formula is C15H20ClN2O4-. The zero-order valence-corrected chi connectivity index (χ0v) is 13.1. The largest absolute Gasteiger partial charge is 1.00 e. The third-order valence-corrected chi connectivity index (χ3v) is 3.58. The fraction of sp³-hybridized carbons (Fsp3) is 0.533. The van der Waals surface area contributed by atoms with Crippen molar-refractivity contribution in [1.82, 2.24) is 4.90 Å². The predicted molar refractivity (Wildman–Crippen MR) is 77.9 cm³/mol. The lowest BCUT2D eigenvalue weighted by molar-refractivity contribution is -0.116. The summed E-state index contributed by atoms with van der Waals surface area (Å²) in [7, 11) is 0. The third kappa shape index (κ3) is 4.50. The molecule has 0 spiro atoms. The Bertz CT molecular complexity index is 506. The van der Waals surface area contributed by atoms with E-state index < -0.39 is 0 Å². The second-order valence-corrected chi connectivity index (χ2v) is 5.11. The molecule has 1 aromatic rings. The molecule has 0 unspecified atom stereocenters. The van der Waals surface area contributed by atoms with Gasteiger partial charge in [0.15, 0.2) is 11.5 Å². The SMILES string of the molecule is O=C(CCN1CCOCC1)Nc1ccc2c(c1)OCCO2.[Cl-]. The first kappa shape index (κ1) is 16.9. The molecule has 3 rings (SSSR count). The number of halogens is 1. The number of nitrogens with zero attached hydrogens (tertiary/aromatic N) is 1. The molecule has 0 bridgehead atoms. The van der Waals surface area contributed by atoms with E-state index in [4.69, 9.17) is 14.2 Å². The number of anilines is 1. The van der Waals surface area contributed by atoms with E-state index in [0.717, 1.165) is 44.3 Å². The lowest BCUT2D eigenvalue weighted by Crippen LogP contribution is -3.00. The van der Waals surface area contributed by atoms with Gasteiger partial charge < -0.3 is 31.9 Å². The number of carbonyl (C=O) groups is 1. The van der Waals surface area contributed by atoms with Crippen LogP contribution in [-0.4, -0.2) is 56.9 Å².